The van der Waals surface area contributed by atoms with E-state index in [0.717, 1.165) is 12.8 Å². The van der Waals surface area contributed by atoms with Crippen LogP contribution in [0.15, 0.2) is 18.2 Å². The van der Waals surface area contributed by atoms with Crippen molar-refractivity contribution >= 4 is 5.78 Å². The molecule has 21 heavy (non-hydrogen) atoms. The van der Waals surface area contributed by atoms with Crippen LogP contribution in [-0.2, 0) is 9.47 Å². The van der Waals surface area contributed by atoms with E-state index >= 15 is 0 Å². The van der Waals surface area contributed by atoms with E-state index in [1.54, 1.807) is 32.4 Å². The number of carbonyl (C=O) groups is 1. The van der Waals surface area contributed by atoms with Crippen molar-refractivity contribution in [3.05, 3.63) is 23.8 Å². The van der Waals surface area contributed by atoms with Crippen molar-refractivity contribution in [3.63, 3.8) is 0 Å². The van der Waals surface area contributed by atoms with E-state index in [2.05, 4.69) is 0 Å². The highest BCUT2D eigenvalue weighted by Gasteiger charge is 2.07. The summed E-state index contributed by atoms with van der Waals surface area (Å²) in [6, 6.07) is 5.26. The molecule has 1 rings (SSSR count). The fourth-order valence-electron chi connectivity index (χ4n) is 1.73. The molecule has 0 unspecified atom stereocenters. The third-order valence-electron chi connectivity index (χ3n) is 2.81. The number of hydrogen-bond acceptors (Lipinski definition) is 5. The molecule has 0 aliphatic carbocycles. The van der Waals surface area contributed by atoms with Crippen LogP contribution in [0.4, 0.5) is 0 Å². The number of benzene rings is 1. The molecule has 1 aromatic rings. The lowest BCUT2D eigenvalue weighted by Crippen LogP contribution is -2.05. The second kappa shape index (κ2) is 10.2. The van der Waals surface area contributed by atoms with Crippen LogP contribution >= 0.6 is 0 Å². The molecule has 0 amide bonds. The van der Waals surface area contributed by atoms with Gasteiger partial charge in [0.15, 0.2) is 5.78 Å². The van der Waals surface area contributed by atoms with Crippen LogP contribution in [0, 0.1) is 0 Å². The Hall–Kier alpha value is -1.59. The molecule has 5 heteroatoms. The van der Waals surface area contributed by atoms with Gasteiger partial charge in [-0.25, -0.2) is 0 Å². The highest BCUT2D eigenvalue weighted by atomic mass is 16.5. The van der Waals surface area contributed by atoms with E-state index in [4.69, 9.17) is 18.9 Å². The van der Waals surface area contributed by atoms with Crippen molar-refractivity contribution in [2.75, 3.05) is 40.6 Å². The largest absolute Gasteiger partial charge is 0.493 e. The highest BCUT2D eigenvalue weighted by molar-refractivity contribution is 5.94. The predicted octanol–water partition coefficient (Wildman–Crippen LogP) is 2.72. The van der Waals surface area contributed by atoms with Crippen molar-refractivity contribution in [2.45, 2.75) is 19.8 Å². The van der Waals surface area contributed by atoms with Gasteiger partial charge in [-0.1, -0.05) is 0 Å². The van der Waals surface area contributed by atoms with Crippen LogP contribution in [0.3, 0.4) is 0 Å². The minimum absolute atomic E-state index is 0.0147. The Morgan fingerprint density at radius 3 is 1.71 bits per heavy atom. The lowest BCUT2D eigenvalue weighted by molar-refractivity contribution is 0.101. The summed E-state index contributed by atoms with van der Waals surface area (Å²) >= 11 is 0. The van der Waals surface area contributed by atoms with Crippen molar-refractivity contribution in [2.24, 2.45) is 0 Å². The van der Waals surface area contributed by atoms with Gasteiger partial charge in [-0.05, 0) is 19.1 Å². The molecule has 0 saturated carbocycles. The smallest absolute Gasteiger partial charge is 0.160 e. The van der Waals surface area contributed by atoms with Gasteiger partial charge in [-0.3, -0.25) is 4.79 Å². The Kier molecular flexibility index (Phi) is 8.47. The van der Waals surface area contributed by atoms with Gasteiger partial charge in [0.1, 0.15) is 11.5 Å². The maximum absolute atomic E-state index is 11.6. The molecule has 118 valence electrons. The predicted molar refractivity (Wildman–Crippen MR) is 80.4 cm³/mol. The minimum Gasteiger partial charge on any atom is -0.493 e. The fourth-order valence-corrected chi connectivity index (χ4v) is 1.73. The average Bonchev–Trinajstić information content (AvgIpc) is 2.48. The first-order valence-corrected chi connectivity index (χ1v) is 7.07. The molecule has 1 aromatic carbocycles. The molecule has 0 aromatic heterocycles. The second-order valence-electron chi connectivity index (χ2n) is 4.64. The first kappa shape index (κ1) is 17.5. The maximum Gasteiger partial charge on any atom is 0.160 e. The highest BCUT2D eigenvalue weighted by Crippen LogP contribution is 2.23. The quantitative estimate of drug-likeness (QED) is 0.464. The number of rotatable bonds is 11. The monoisotopic (exact) mass is 296 g/mol. The van der Waals surface area contributed by atoms with Crippen molar-refractivity contribution in [3.8, 4) is 11.5 Å². The Morgan fingerprint density at radius 2 is 1.33 bits per heavy atom. The topological polar surface area (TPSA) is 54.0 Å². The molecular formula is C16H24O5. The van der Waals surface area contributed by atoms with Gasteiger partial charge in [0.25, 0.3) is 0 Å². The zero-order valence-electron chi connectivity index (χ0n) is 13.0. The van der Waals surface area contributed by atoms with Gasteiger partial charge in [0, 0.05) is 51.9 Å². The molecule has 0 heterocycles. The van der Waals surface area contributed by atoms with Crippen LogP contribution in [0.2, 0.25) is 0 Å². The number of Topliss-reactive ketones (excluding diaryl/α,β-unsaturated/α-hetero) is 1. The van der Waals surface area contributed by atoms with Gasteiger partial charge < -0.3 is 18.9 Å². The van der Waals surface area contributed by atoms with E-state index in [1.807, 2.05) is 0 Å². The average molecular weight is 296 g/mol. The molecule has 0 saturated heterocycles. The number of carbonyl (C=O) groups excluding carboxylic acids is 1. The lowest BCUT2D eigenvalue weighted by atomic mass is 10.1. The normalized spacial score (nSPS) is 10.4. The first-order valence-electron chi connectivity index (χ1n) is 7.07. The van der Waals surface area contributed by atoms with Gasteiger partial charge in [0.2, 0.25) is 0 Å². The first-order chi connectivity index (χ1) is 10.2. The third-order valence-corrected chi connectivity index (χ3v) is 2.81. The van der Waals surface area contributed by atoms with Crippen molar-refractivity contribution < 1.29 is 23.7 Å². The van der Waals surface area contributed by atoms with E-state index in [-0.39, 0.29) is 5.78 Å². The Balaban J connectivity index is 2.63. The number of methoxy groups -OCH3 is 2. The standard InChI is InChI=1S/C16H24O5/c1-13(17)14-10-15(20-8-4-6-18-2)12-16(11-14)21-9-5-7-19-3/h10-12H,4-9H2,1-3H3. The lowest BCUT2D eigenvalue weighted by Gasteiger charge is -2.11. The summed E-state index contributed by atoms with van der Waals surface area (Å²) in [5.74, 6) is 1.26. The molecular weight excluding hydrogens is 272 g/mol. The van der Waals surface area contributed by atoms with Crippen LogP contribution < -0.4 is 9.47 Å². The summed E-state index contributed by atoms with van der Waals surface area (Å²) in [7, 11) is 3.31. The summed E-state index contributed by atoms with van der Waals surface area (Å²) in [4.78, 5) is 11.6. The molecule has 0 fully saturated rings. The molecule has 0 aliphatic heterocycles. The molecule has 0 spiro atoms. The second-order valence-corrected chi connectivity index (χ2v) is 4.64. The molecule has 0 atom stereocenters. The van der Waals surface area contributed by atoms with Gasteiger partial charge in [-0.2, -0.15) is 0 Å². The molecule has 0 bridgehead atoms. The van der Waals surface area contributed by atoms with Crippen molar-refractivity contribution in [1.29, 1.82) is 0 Å². The summed E-state index contributed by atoms with van der Waals surface area (Å²) in [5, 5.41) is 0. The van der Waals surface area contributed by atoms with Gasteiger partial charge in [0.05, 0.1) is 13.2 Å². The summed E-state index contributed by atoms with van der Waals surface area (Å²) in [6.07, 6.45) is 1.59. The van der Waals surface area contributed by atoms with Crippen LogP contribution in [-0.4, -0.2) is 46.4 Å². The van der Waals surface area contributed by atoms with Crippen molar-refractivity contribution in [1.82, 2.24) is 0 Å². The Bertz CT molecular complexity index is 400. The van der Waals surface area contributed by atoms with E-state index < -0.39 is 0 Å². The molecule has 0 radical (unpaired) electrons. The Morgan fingerprint density at radius 1 is 0.857 bits per heavy atom. The number of ketones is 1. The zero-order chi connectivity index (χ0) is 15.5. The fraction of sp³-hybridized carbons (Fsp3) is 0.562. The maximum atomic E-state index is 11.6. The summed E-state index contributed by atoms with van der Waals surface area (Å²) in [5.41, 5.74) is 0.584. The molecule has 5 nitrogen and oxygen atoms in total. The van der Waals surface area contributed by atoms with Gasteiger partial charge in [-0.15, -0.1) is 0 Å². The minimum atomic E-state index is -0.0147. The SMILES string of the molecule is COCCCOc1cc(OCCCOC)cc(C(C)=O)c1. The van der Waals surface area contributed by atoms with E-state index in [1.165, 1.54) is 6.92 Å². The molecule has 0 N–H and O–H groups in total. The zero-order valence-corrected chi connectivity index (χ0v) is 13.0. The summed E-state index contributed by atoms with van der Waals surface area (Å²) < 4.78 is 21.2. The number of ether oxygens (including phenoxy) is 4. The van der Waals surface area contributed by atoms with Crippen LogP contribution in [0.25, 0.3) is 0 Å². The third kappa shape index (κ3) is 7.11. The van der Waals surface area contributed by atoms with E-state index in [9.17, 15) is 4.79 Å². The number of hydrogen-bond donors (Lipinski definition) is 0. The van der Waals surface area contributed by atoms with Gasteiger partial charge >= 0.3 is 0 Å². The summed E-state index contributed by atoms with van der Waals surface area (Å²) in [6.45, 7) is 3.90. The van der Waals surface area contributed by atoms with Crippen LogP contribution in [0.5, 0.6) is 11.5 Å². The Labute approximate surface area is 126 Å². The molecule has 0 aliphatic rings. The van der Waals surface area contributed by atoms with E-state index in [0.29, 0.717) is 43.5 Å². The van der Waals surface area contributed by atoms with Crippen LogP contribution in [0.1, 0.15) is 30.1 Å².